The monoisotopic (exact) mass is 476 g/mol. The van der Waals surface area contributed by atoms with E-state index in [1.165, 1.54) is 6.33 Å². The van der Waals surface area contributed by atoms with Crippen molar-refractivity contribution in [3.05, 3.63) is 77.9 Å². The number of alkyl carbamates (subject to hydrolysis) is 1. The van der Waals surface area contributed by atoms with E-state index in [4.69, 9.17) is 9.84 Å². The third-order valence-corrected chi connectivity index (χ3v) is 6.11. The average Bonchev–Trinajstić information content (AvgIpc) is 3.47. The predicted molar refractivity (Wildman–Crippen MR) is 129 cm³/mol. The van der Waals surface area contributed by atoms with Gasteiger partial charge in [0.05, 0.1) is 6.33 Å². The Kier molecular flexibility index (Phi) is 7.45. The molecule has 1 aliphatic rings. The van der Waals surface area contributed by atoms with Gasteiger partial charge in [-0.2, -0.15) is 0 Å². The van der Waals surface area contributed by atoms with Crippen molar-refractivity contribution in [3.8, 4) is 11.1 Å². The number of ether oxygens (including phenoxy) is 1. The van der Waals surface area contributed by atoms with Crippen LogP contribution in [0.4, 0.5) is 4.79 Å². The molecule has 2 atom stereocenters. The number of hydrogen-bond donors (Lipinski definition) is 4. The number of carboxylic acids is 1. The van der Waals surface area contributed by atoms with E-state index in [-0.39, 0.29) is 37.8 Å². The lowest BCUT2D eigenvalue weighted by atomic mass is 9.98. The highest BCUT2D eigenvalue weighted by Gasteiger charge is 2.30. The molecule has 1 aromatic heterocycles. The first kappa shape index (κ1) is 24.0. The Bertz CT molecular complexity index is 1150. The third kappa shape index (κ3) is 5.87. The van der Waals surface area contributed by atoms with E-state index >= 15 is 0 Å². The van der Waals surface area contributed by atoms with Gasteiger partial charge in [-0.05, 0) is 35.6 Å². The fourth-order valence-corrected chi connectivity index (χ4v) is 4.36. The molecule has 9 nitrogen and oxygen atoms in total. The van der Waals surface area contributed by atoms with Crippen molar-refractivity contribution in [2.75, 3.05) is 6.61 Å². The van der Waals surface area contributed by atoms with Crippen molar-refractivity contribution in [2.45, 2.75) is 44.2 Å². The Balaban J connectivity index is 1.41. The Labute approximate surface area is 202 Å². The maximum absolute atomic E-state index is 12.9. The zero-order valence-electron chi connectivity index (χ0n) is 19.4. The minimum atomic E-state index is -0.933. The Morgan fingerprint density at radius 1 is 1.06 bits per heavy atom. The summed E-state index contributed by atoms with van der Waals surface area (Å²) in [7, 11) is 0. The quantitative estimate of drug-likeness (QED) is 0.355. The fourth-order valence-electron chi connectivity index (χ4n) is 4.36. The number of nitrogens with one attached hydrogen (secondary N) is 3. The van der Waals surface area contributed by atoms with E-state index in [0.29, 0.717) is 5.69 Å². The summed E-state index contributed by atoms with van der Waals surface area (Å²) in [6.45, 7) is 1.86. The molecule has 0 fully saturated rings. The molecular formula is C26H28N4O5. The van der Waals surface area contributed by atoms with Gasteiger partial charge >= 0.3 is 12.1 Å². The van der Waals surface area contributed by atoms with Gasteiger partial charge in [0, 0.05) is 36.7 Å². The van der Waals surface area contributed by atoms with E-state index < -0.39 is 24.0 Å². The number of aliphatic carboxylic acids is 1. The van der Waals surface area contributed by atoms with Gasteiger partial charge in [0.15, 0.2) is 0 Å². The molecule has 0 bridgehead atoms. The summed E-state index contributed by atoms with van der Waals surface area (Å²) in [5, 5.41) is 14.3. The fraction of sp³-hybridized carbons (Fsp3) is 0.308. The molecule has 0 saturated carbocycles. The number of imidazole rings is 1. The number of nitrogens with zero attached hydrogens (tertiary/aromatic N) is 1. The lowest BCUT2D eigenvalue weighted by molar-refractivity contribution is -0.137. The summed E-state index contributed by atoms with van der Waals surface area (Å²) >= 11 is 0. The molecule has 2 amide bonds. The second-order valence-electron chi connectivity index (χ2n) is 8.65. The Morgan fingerprint density at radius 2 is 1.71 bits per heavy atom. The average molecular weight is 477 g/mol. The second-order valence-corrected chi connectivity index (χ2v) is 8.65. The van der Waals surface area contributed by atoms with Crippen LogP contribution in [-0.2, 0) is 20.7 Å². The van der Waals surface area contributed by atoms with Gasteiger partial charge < -0.3 is 25.5 Å². The molecule has 0 aliphatic heterocycles. The van der Waals surface area contributed by atoms with Crippen LogP contribution in [0.5, 0.6) is 0 Å². The van der Waals surface area contributed by atoms with Crippen molar-refractivity contribution in [2.24, 2.45) is 0 Å². The Hall–Kier alpha value is -4.14. The van der Waals surface area contributed by atoms with Crippen LogP contribution in [0.25, 0.3) is 11.1 Å². The van der Waals surface area contributed by atoms with Crippen LogP contribution in [0.3, 0.4) is 0 Å². The molecular weight excluding hydrogens is 448 g/mol. The Morgan fingerprint density at radius 3 is 2.31 bits per heavy atom. The van der Waals surface area contributed by atoms with E-state index in [1.807, 2.05) is 36.4 Å². The van der Waals surface area contributed by atoms with Crippen LogP contribution in [0.15, 0.2) is 61.1 Å². The number of fused-ring (bicyclic) bond motifs is 3. The largest absolute Gasteiger partial charge is 0.481 e. The summed E-state index contributed by atoms with van der Waals surface area (Å²) in [6, 6.07) is 14.8. The minimum absolute atomic E-state index is 0.0630. The van der Waals surface area contributed by atoms with Crippen LogP contribution < -0.4 is 10.6 Å². The molecule has 9 heteroatoms. The number of rotatable bonds is 10. The normalized spacial score (nSPS) is 13.9. The highest BCUT2D eigenvalue weighted by atomic mass is 16.5. The van der Waals surface area contributed by atoms with Gasteiger partial charge in [-0.3, -0.25) is 9.59 Å². The van der Waals surface area contributed by atoms with Gasteiger partial charge in [-0.1, -0.05) is 48.5 Å². The molecule has 182 valence electrons. The summed E-state index contributed by atoms with van der Waals surface area (Å²) < 4.78 is 5.59. The number of amides is 2. The molecule has 1 heterocycles. The number of carbonyl (C=O) groups is 3. The lowest BCUT2D eigenvalue weighted by Crippen LogP contribution is -2.50. The van der Waals surface area contributed by atoms with Crippen LogP contribution >= 0.6 is 0 Å². The van der Waals surface area contributed by atoms with Crippen molar-refractivity contribution in [1.29, 1.82) is 0 Å². The second kappa shape index (κ2) is 10.9. The van der Waals surface area contributed by atoms with Gasteiger partial charge in [-0.25, -0.2) is 9.78 Å². The van der Waals surface area contributed by atoms with Gasteiger partial charge in [0.1, 0.15) is 12.6 Å². The first-order valence-corrected chi connectivity index (χ1v) is 11.5. The lowest BCUT2D eigenvalue weighted by Gasteiger charge is -2.21. The molecule has 0 saturated heterocycles. The number of H-pyrrole nitrogens is 1. The van der Waals surface area contributed by atoms with Gasteiger partial charge in [0.25, 0.3) is 0 Å². The SMILES string of the molecule is CC(CCC(=O)O)NC(=O)[C@H](Cc1cnc[nH]1)NC(=O)OCC1c2ccccc2-c2ccccc21. The van der Waals surface area contributed by atoms with Crippen molar-refractivity contribution >= 4 is 18.0 Å². The summed E-state index contributed by atoms with van der Waals surface area (Å²) in [5.41, 5.74) is 5.12. The maximum Gasteiger partial charge on any atom is 0.407 e. The van der Waals surface area contributed by atoms with E-state index in [2.05, 4.69) is 32.7 Å². The molecule has 0 radical (unpaired) electrons. The zero-order valence-corrected chi connectivity index (χ0v) is 19.4. The van der Waals surface area contributed by atoms with Crippen LogP contribution in [-0.4, -0.2) is 51.7 Å². The number of aromatic nitrogens is 2. The number of carbonyl (C=O) groups excluding carboxylic acids is 2. The summed E-state index contributed by atoms with van der Waals surface area (Å²) in [6.07, 6.45) is 2.77. The highest BCUT2D eigenvalue weighted by Crippen LogP contribution is 2.44. The van der Waals surface area contributed by atoms with Crippen LogP contribution in [0, 0.1) is 0 Å². The number of benzene rings is 2. The minimum Gasteiger partial charge on any atom is -0.481 e. The molecule has 2 aromatic carbocycles. The number of aromatic amines is 1. The number of hydrogen-bond acceptors (Lipinski definition) is 5. The number of carboxylic acid groups (broad SMARTS) is 1. The summed E-state index contributed by atoms with van der Waals surface area (Å²) in [4.78, 5) is 43.3. The zero-order chi connectivity index (χ0) is 24.8. The van der Waals surface area contributed by atoms with Crippen LogP contribution in [0.1, 0.15) is 42.5 Å². The standard InChI is InChI=1S/C26H28N4O5/c1-16(10-11-24(31)32)29-25(33)23(12-17-13-27-15-28-17)30-26(34)35-14-22-20-8-4-2-6-18(20)19-7-3-5-9-21(19)22/h2-9,13,15-16,22-23H,10-12,14H2,1H3,(H,27,28)(H,29,33)(H,30,34)(H,31,32)/t16?,23-/m0/s1. The highest BCUT2D eigenvalue weighted by molar-refractivity contribution is 5.86. The van der Waals surface area contributed by atoms with Crippen molar-refractivity contribution in [1.82, 2.24) is 20.6 Å². The molecule has 1 aliphatic carbocycles. The molecule has 35 heavy (non-hydrogen) atoms. The molecule has 3 aromatic rings. The predicted octanol–water partition coefficient (Wildman–Crippen LogP) is 3.23. The van der Waals surface area contributed by atoms with E-state index in [0.717, 1.165) is 22.3 Å². The van der Waals surface area contributed by atoms with Gasteiger partial charge in [0.2, 0.25) is 5.91 Å². The first-order chi connectivity index (χ1) is 16.9. The topological polar surface area (TPSA) is 133 Å². The van der Waals surface area contributed by atoms with Crippen LogP contribution in [0.2, 0.25) is 0 Å². The summed E-state index contributed by atoms with van der Waals surface area (Å²) in [5.74, 6) is -1.45. The molecule has 1 unspecified atom stereocenters. The smallest absolute Gasteiger partial charge is 0.407 e. The van der Waals surface area contributed by atoms with E-state index in [9.17, 15) is 14.4 Å². The molecule has 4 rings (SSSR count). The van der Waals surface area contributed by atoms with Crippen molar-refractivity contribution in [3.63, 3.8) is 0 Å². The third-order valence-electron chi connectivity index (χ3n) is 6.11. The van der Waals surface area contributed by atoms with E-state index in [1.54, 1.807) is 13.1 Å². The van der Waals surface area contributed by atoms with Gasteiger partial charge in [-0.15, -0.1) is 0 Å². The maximum atomic E-state index is 12.9. The molecule has 0 spiro atoms. The molecule has 4 N–H and O–H groups in total. The van der Waals surface area contributed by atoms with Crippen molar-refractivity contribution < 1.29 is 24.2 Å². The first-order valence-electron chi connectivity index (χ1n) is 11.5.